The van der Waals surface area contributed by atoms with E-state index in [9.17, 15) is 0 Å². The van der Waals surface area contributed by atoms with Crippen LogP contribution < -0.4 is 10.5 Å². The van der Waals surface area contributed by atoms with Gasteiger partial charge in [-0.2, -0.15) is 0 Å². The third-order valence-corrected chi connectivity index (χ3v) is 4.16. The second-order valence-electron chi connectivity index (χ2n) is 4.77. The van der Waals surface area contributed by atoms with E-state index in [0.717, 1.165) is 10.8 Å². The lowest BCUT2D eigenvalue weighted by Gasteiger charge is -2.23. The molecule has 0 bridgehead atoms. The summed E-state index contributed by atoms with van der Waals surface area (Å²) < 4.78 is 5.17. The van der Waals surface area contributed by atoms with Crippen molar-refractivity contribution in [3.8, 4) is 5.75 Å². The van der Waals surface area contributed by atoms with Crippen LogP contribution >= 0.6 is 11.6 Å². The van der Waals surface area contributed by atoms with Crippen molar-refractivity contribution in [2.45, 2.75) is 31.6 Å². The summed E-state index contributed by atoms with van der Waals surface area (Å²) in [7, 11) is 1.66. The van der Waals surface area contributed by atoms with Crippen molar-refractivity contribution in [1.82, 2.24) is 0 Å². The molecule has 1 aliphatic carbocycles. The summed E-state index contributed by atoms with van der Waals surface area (Å²) >= 11 is 6.32. The van der Waals surface area contributed by atoms with E-state index >= 15 is 0 Å². The fraction of sp³-hybridized carbons (Fsp3) is 0.571. The van der Waals surface area contributed by atoms with Crippen LogP contribution in [0.3, 0.4) is 0 Å². The number of halogens is 1. The van der Waals surface area contributed by atoms with Gasteiger partial charge in [-0.25, -0.2) is 0 Å². The van der Waals surface area contributed by atoms with Crippen LogP contribution in [-0.2, 0) is 0 Å². The summed E-state index contributed by atoms with van der Waals surface area (Å²) in [5.41, 5.74) is 7.12. The van der Waals surface area contributed by atoms with E-state index in [1.807, 2.05) is 12.1 Å². The number of methoxy groups -OCH3 is 1. The third kappa shape index (κ3) is 2.75. The largest absolute Gasteiger partial charge is 0.497 e. The van der Waals surface area contributed by atoms with Crippen LogP contribution in [0.1, 0.15) is 37.2 Å². The molecule has 1 fully saturated rings. The maximum absolute atomic E-state index is 6.32. The second kappa shape index (κ2) is 5.74. The third-order valence-electron chi connectivity index (χ3n) is 3.83. The lowest BCUT2D eigenvalue weighted by atomic mass is 9.85. The van der Waals surface area contributed by atoms with Crippen LogP contribution in [0.4, 0.5) is 0 Å². The molecule has 3 heteroatoms. The normalized spacial score (nSPS) is 18.3. The van der Waals surface area contributed by atoms with E-state index in [1.165, 1.54) is 31.2 Å². The van der Waals surface area contributed by atoms with Crippen LogP contribution in [0, 0.1) is 5.92 Å². The monoisotopic (exact) mass is 253 g/mol. The summed E-state index contributed by atoms with van der Waals surface area (Å²) in [6.07, 6.45) is 5.22. The van der Waals surface area contributed by atoms with Crippen molar-refractivity contribution in [1.29, 1.82) is 0 Å². The molecular weight excluding hydrogens is 234 g/mol. The van der Waals surface area contributed by atoms with Crippen LogP contribution in [0.25, 0.3) is 0 Å². The Kier molecular flexibility index (Phi) is 4.30. The van der Waals surface area contributed by atoms with Gasteiger partial charge in [0.15, 0.2) is 0 Å². The van der Waals surface area contributed by atoms with Gasteiger partial charge in [-0.3, -0.25) is 0 Å². The number of nitrogens with two attached hydrogens (primary N) is 1. The first-order valence-electron chi connectivity index (χ1n) is 6.29. The average molecular weight is 254 g/mol. The summed E-state index contributed by atoms with van der Waals surface area (Å²) in [4.78, 5) is 0. The van der Waals surface area contributed by atoms with Crippen LogP contribution in [0.15, 0.2) is 18.2 Å². The topological polar surface area (TPSA) is 35.2 Å². The minimum atomic E-state index is 0.399. The van der Waals surface area contributed by atoms with Gasteiger partial charge < -0.3 is 10.5 Å². The predicted octanol–water partition coefficient (Wildman–Crippen LogP) is 3.58. The van der Waals surface area contributed by atoms with Crippen molar-refractivity contribution >= 4 is 11.6 Å². The van der Waals surface area contributed by atoms with Gasteiger partial charge in [0.25, 0.3) is 0 Å². The Morgan fingerprint density at radius 3 is 2.65 bits per heavy atom. The Balaban J connectivity index is 2.23. The average Bonchev–Trinajstić information content (AvgIpc) is 2.85. The number of hydrogen-bond donors (Lipinski definition) is 1. The highest BCUT2D eigenvalue weighted by Crippen LogP contribution is 2.39. The molecule has 1 atom stereocenters. The number of hydrogen-bond acceptors (Lipinski definition) is 2. The summed E-state index contributed by atoms with van der Waals surface area (Å²) in [6.45, 7) is 0.677. The molecular formula is C14H20ClNO. The van der Waals surface area contributed by atoms with Gasteiger partial charge in [0.05, 0.1) is 7.11 Å². The second-order valence-corrected chi connectivity index (χ2v) is 5.18. The zero-order valence-electron chi connectivity index (χ0n) is 10.3. The molecule has 17 heavy (non-hydrogen) atoms. The van der Waals surface area contributed by atoms with Crippen LogP contribution in [0.2, 0.25) is 5.02 Å². The van der Waals surface area contributed by atoms with E-state index < -0.39 is 0 Å². The molecule has 0 radical (unpaired) electrons. The Bertz CT molecular complexity index is 374. The molecule has 2 nitrogen and oxygen atoms in total. The lowest BCUT2D eigenvalue weighted by Crippen LogP contribution is -2.20. The first kappa shape index (κ1) is 12.7. The highest BCUT2D eigenvalue weighted by atomic mass is 35.5. The van der Waals surface area contributed by atoms with Gasteiger partial charge in [-0.1, -0.05) is 30.5 Å². The van der Waals surface area contributed by atoms with E-state index in [4.69, 9.17) is 22.1 Å². The quantitative estimate of drug-likeness (QED) is 0.890. The smallest absolute Gasteiger partial charge is 0.120 e. The molecule has 1 aliphatic rings. The van der Waals surface area contributed by atoms with Crippen molar-refractivity contribution in [2.75, 3.05) is 13.7 Å². The van der Waals surface area contributed by atoms with E-state index in [0.29, 0.717) is 18.4 Å². The molecule has 2 rings (SSSR count). The van der Waals surface area contributed by atoms with Crippen molar-refractivity contribution in [3.05, 3.63) is 28.8 Å². The minimum absolute atomic E-state index is 0.399. The molecule has 0 saturated heterocycles. The standard InChI is InChI=1S/C14H20ClNO/c1-17-11-6-7-12(14(15)8-11)13(9-16)10-4-2-3-5-10/h6-8,10,13H,2-5,9,16H2,1H3. The van der Waals surface area contributed by atoms with Gasteiger partial charge in [0, 0.05) is 10.9 Å². The SMILES string of the molecule is COc1ccc(C(CN)C2CCCC2)c(Cl)c1. The van der Waals surface area contributed by atoms with Crippen LogP contribution in [0.5, 0.6) is 5.75 Å². The summed E-state index contributed by atoms with van der Waals surface area (Å²) in [5.74, 6) is 1.91. The fourth-order valence-corrected chi connectivity index (χ4v) is 3.18. The molecule has 0 amide bonds. The minimum Gasteiger partial charge on any atom is -0.497 e. The Labute approximate surface area is 108 Å². The maximum atomic E-state index is 6.32. The number of rotatable bonds is 4. The van der Waals surface area contributed by atoms with Gasteiger partial charge in [-0.15, -0.1) is 0 Å². The molecule has 0 spiro atoms. The van der Waals surface area contributed by atoms with E-state index in [2.05, 4.69) is 6.07 Å². The molecule has 0 heterocycles. The molecule has 1 aromatic rings. The van der Waals surface area contributed by atoms with Crippen molar-refractivity contribution < 1.29 is 4.74 Å². The summed E-state index contributed by atoms with van der Waals surface area (Å²) in [6, 6.07) is 5.92. The zero-order chi connectivity index (χ0) is 12.3. The van der Waals surface area contributed by atoms with Crippen molar-refractivity contribution in [3.63, 3.8) is 0 Å². The molecule has 2 N–H and O–H groups in total. The molecule has 0 aliphatic heterocycles. The molecule has 1 aromatic carbocycles. The first-order valence-corrected chi connectivity index (χ1v) is 6.67. The zero-order valence-corrected chi connectivity index (χ0v) is 11.0. The Morgan fingerprint density at radius 1 is 1.41 bits per heavy atom. The predicted molar refractivity (Wildman–Crippen MR) is 71.8 cm³/mol. The van der Waals surface area contributed by atoms with Gasteiger partial charge in [0.1, 0.15) is 5.75 Å². The van der Waals surface area contributed by atoms with Crippen LogP contribution in [-0.4, -0.2) is 13.7 Å². The Hall–Kier alpha value is -0.730. The number of ether oxygens (including phenoxy) is 1. The van der Waals surface area contributed by atoms with Gasteiger partial charge >= 0.3 is 0 Å². The maximum Gasteiger partial charge on any atom is 0.120 e. The van der Waals surface area contributed by atoms with Gasteiger partial charge in [-0.05, 0) is 43.0 Å². The lowest BCUT2D eigenvalue weighted by molar-refractivity contribution is 0.412. The summed E-state index contributed by atoms with van der Waals surface area (Å²) in [5, 5.41) is 0.784. The molecule has 0 aromatic heterocycles. The fourth-order valence-electron chi connectivity index (χ4n) is 2.87. The first-order chi connectivity index (χ1) is 8.26. The molecule has 94 valence electrons. The molecule has 1 unspecified atom stereocenters. The Morgan fingerprint density at radius 2 is 2.12 bits per heavy atom. The van der Waals surface area contributed by atoms with Gasteiger partial charge in [0.2, 0.25) is 0 Å². The highest BCUT2D eigenvalue weighted by molar-refractivity contribution is 6.31. The number of benzene rings is 1. The van der Waals surface area contributed by atoms with E-state index in [-0.39, 0.29) is 0 Å². The molecule has 1 saturated carbocycles. The van der Waals surface area contributed by atoms with Crippen molar-refractivity contribution in [2.24, 2.45) is 11.7 Å². The highest BCUT2D eigenvalue weighted by Gasteiger charge is 2.26. The van der Waals surface area contributed by atoms with E-state index in [1.54, 1.807) is 7.11 Å².